The smallest absolute Gasteiger partial charge is 0.407 e. The number of Topliss-reactive ketones (excluding diaryl/α,β-unsaturated/α-hetero) is 1. The van der Waals surface area contributed by atoms with E-state index in [2.05, 4.69) is 19.2 Å². The van der Waals surface area contributed by atoms with Crippen LogP contribution < -0.4 is 5.32 Å². The summed E-state index contributed by atoms with van der Waals surface area (Å²) in [7, 11) is 0. The molecule has 0 bridgehead atoms. The fraction of sp³-hybridized carbons (Fsp3) is 0.556. The molecule has 1 aliphatic carbocycles. The van der Waals surface area contributed by atoms with Crippen molar-refractivity contribution in [2.75, 3.05) is 5.75 Å². The van der Waals surface area contributed by atoms with Crippen molar-refractivity contribution < 1.29 is 14.3 Å². The Hall–Kier alpha value is -1.49. The van der Waals surface area contributed by atoms with Gasteiger partial charge in [-0.1, -0.05) is 44.2 Å². The Morgan fingerprint density at radius 1 is 1.35 bits per heavy atom. The molecule has 1 aromatic carbocycles. The minimum absolute atomic E-state index is 0.0298. The third kappa shape index (κ3) is 6.26. The molecule has 0 aliphatic heterocycles. The zero-order chi connectivity index (χ0) is 16.7. The van der Waals surface area contributed by atoms with Crippen LogP contribution in [0.25, 0.3) is 0 Å². The number of rotatable bonds is 6. The zero-order valence-electron chi connectivity index (χ0n) is 13.8. The Balaban J connectivity index is 1.82. The monoisotopic (exact) mass is 335 g/mol. The molecule has 0 heterocycles. The maximum atomic E-state index is 12.0. The maximum Gasteiger partial charge on any atom is 0.407 e. The number of alkyl carbamates (subject to hydrolysis) is 1. The highest BCUT2D eigenvalue weighted by Crippen LogP contribution is 2.27. The Labute approximate surface area is 142 Å². The molecule has 0 aromatic heterocycles. The number of carbonyl (C=O) groups is 2. The van der Waals surface area contributed by atoms with Crippen molar-refractivity contribution in [3.63, 3.8) is 0 Å². The summed E-state index contributed by atoms with van der Waals surface area (Å²) in [6, 6.07) is 9.65. The van der Waals surface area contributed by atoms with E-state index in [0.717, 1.165) is 11.3 Å². The third-order valence-corrected chi connectivity index (χ3v) is 5.24. The minimum atomic E-state index is -0.396. The Morgan fingerprint density at radius 3 is 2.78 bits per heavy atom. The summed E-state index contributed by atoms with van der Waals surface area (Å²) in [5, 5.41) is 3.48. The van der Waals surface area contributed by atoms with Gasteiger partial charge in [0.15, 0.2) is 0 Å². The van der Waals surface area contributed by atoms with Crippen LogP contribution in [-0.4, -0.2) is 28.9 Å². The number of amides is 1. The molecule has 1 aliphatic rings. The summed E-state index contributed by atoms with van der Waals surface area (Å²) >= 11 is 1.84. The molecule has 1 N–H and O–H groups in total. The zero-order valence-corrected chi connectivity index (χ0v) is 14.6. The second-order valence-corrected chi connectivity index (χ2v) is 7.85. The van der Waals surface area contributed by atoms with Crippen LogP contribution in [0.5, 0.6) is 0 Å². The molecule has 1 aromatic rings. The van der Waals surface area contributed by atoms with Gasteiger partial charge in [0.25, 0.3) is 0 Å². The van der Waals surface area contributed by atoms with Gasteiger partial charge in [-0.2, -0.15) is 11.8 Å². The van der Waals surface area contributed by atoms with Crippen molar-refractivity contribution in [2.24, 2.45) is 5.92 Å². The summed E-state index contributed by atoms with van der Waals surface area (Å²) in [6.07, 6.45) is 1.42. The lowest BCUT2D eigenvalue weighted by molar-refractivity contribution is -0.121. The van der Waals surface area contributed by atoms with Gasteiger partial charge in [0.1, 0.15) is 12.4 Å². The van der Waals surface area contributed by atoms with E-state index in [4.69, 9.17) is 4.74 Å². The van der Waals surface area contributed by atoms with Crippen LogP contribution in [0.15, 0.2) is 30.3 Å². The van der Waals surface area contributed by atoms with Crippen molar-refractivity contribution in [1.82, 2.24) is 5.32 Å². The largest absolute Gasteiger partial charge is 0.445 e. The molecular weight excluding hydrogens is 310 g/mol. The van der Waals surface area contributed by atoms with E-state index in [9.17, 15) is 9.59 Å². The number of hydrogen-bond donors (Lipinski definition) is 1. The van der Waals surface area contributed by atoms with E-state index in [1.165, 1.54) is 0 Å². The second-order valence-electron chi connectivity index (χ2n) is 6.24. The molecule has 1 saturated carbocycles. The topological polar surface area (TPSA) is 55.4 Å². The van der Waals surface area contributed by atoms with E-state index in [-0.39, 0.29) is 18.6 Å². The summed E-state index contributed by atoms with van der Waals surface area (Å²) in [5.41, 5.74) is 0.966. The quantitative estimate of drug-likeness (QED) is 0.859. The maximum absolute atomic E-state index is 12.0. The Kier molecular flexibility index (Phi) is 6.96. The number of ether oxygens (including phenoxy) is 1. The van der Waals surface area contributed by atoms with Crippen LogP contribution in [-0.2, 0) is 16.1 Å². The number of carbonyl (C=O) groups excluding carboxylic acids is 2. The van der Waals surface area contributed by atoms with Gasteiger partial charge >= 0.3 is 6.09 Å². The van der Waals surface area contributed by atoms with Gasteiger partial charge in [-0.15, -0.1) is 0 Å². The first kappa shape index (κ1) is 17.9. The molecule has 0 spiro atoms. The Bertz CT molecular complexity index is 518. The lowest BCUT2D eigenvalue weighted by Crippen LogP contribution is -2.45. The first-order valence-electron chi connectivity index (χ1n) is 8.15. The van der Waals surface area contributed by atoms with Crippen molar-refractivity contribution in [2.45, 2.75) is 51.0 Å². The predicted octanol–water partition coefficient (Wildman–Crippen LogP) is 3.79. The van der Waals surface area contributed by atoms with E-state index < -0.39 is 6.09 Å². The summed E-state index contributed by atoms with van der Waals surface area (Å²) < 4.78 is 5.29. The van der Waals surface area contributed by atoms with E-state index in [0.29, 0.717) is 30.3 Å². The number of nitrogens with one attached hydrogen (secondary N) is 1. The van der Waals surface area contributed by atoms with Crippen LogP contribution in [0, 0.1) is 5.92 Å². The van der Waals surface area contributed by atoms with Gasteiger partial charge in [-0.3, -0.25) is 4.79 Å². The lowest BCUT2D eigenvalue weighted by Gasteiger charge is -2.31. The Morgan fingerprint density at radius 2 is 2.09 bits per heavy atom. The van der Waals surface area contributed by atoms with Gasteiger partial charge in [0.05, 0.1) is 0 Å². The van der Waals surface area contributed by atoms with Gasteiger partial charge in [-0.05, 0) is 28.9 Å². The van der Waals surface area contributed by atoms with Crippen LogP contribution in [0.1, 0.15) is 38.7 Å². The van der Waals surface area contributed by atoms with Gasteiger partial charge in [0, 0.05) is 18.9 Å². The number of hydrogen-bond acceptors (Lipinski definition) is 4. The highest BCUT2D eigenvalue weighted by molar-refractivity contribution is 7.99. The molecule has 4 nitrogen and oxygen atoms in total. The number of ketones is 1. The highest BCUT2D eigenvalue weighted by atomic mass is 32.2. The van der Waals surface area contributed by atoms with Crippen LogP contribution in [0.4, 0.5) is 4.79 Å². The van der Waals surface area contributed by atoms with E-state index in [1.54, 1.807) is 0 Å². The van der Waals surface area contributed by atoms with Crippen LogP contribution >= 0.6 is 11.8 Å². The minimum Gasteiger partial charge on any atom is -0.445 e. The molecule has 0 radical (unpaired) electrons. The van der Waals surface area contributed by atoms with Crippen LogP contribution in [0.3, 0.4) is 0 Å². The fourth-order valence-electron chi connectivity index (χ4n) is 2.69. The normalized spacial score (nSPS) is 21.3. The fourth-order valence-corrected chi connectivity index (χ4v) is 3.67. The SMILES string of the molecule is CC(C)SC[C@@H]1CC(=O)CC[C@@H]1NC(=O)OCc1ccccc1. The second kappa shape index (κ2) is 8.96. The average Bonchev–Trinajstić information content (AvgIpc) is 2.54. The molecule has 2 atom stereocenters. The molecule has 1 amide bonds. The molecule has 5 heteroatoms. The summed E-state index contributed by atoms with van der Waals surface area (Å²) in [4.78, 5) is 23.7. The van der Waals surface area contributed by atoms with Gasteiger partial charge in [0.2, 0.25) is 0 Å². The number of benzene rings is 1. The standard InChI is InChI=1S/C18H25NO3S/c1-13(2)23-12-15-10-16(20)8-9-17(15)19-18(21)22-11-14-6-4-3-5-7-14/h3-7,13,15,17H,8-12H2,1-2H3,(H,19,21)/t15-,17-/m0/s1. The summed E-state index contributed by atoms with van der Waals surface area (Å²) in [6.45, 7) is 4.56. The van der Waals surface area contributed by atoms with E-state index in [1.807, 2.05) is 42.1 Å². The molecule has 2 rings (SSSR count). The molecule has 23 heavy (non-hydrogen) atoms. The lowest BCUT2D eigenvalue weighted by atomic mass is 9.85. The number of thioether (sulfide) groups is 1. The molecule has 126 valence electrons. The predicted molar refractivity (Wildman–Crippen MR) is 93.5 cm³/mol. The van der Waals surface area contributed by atoms with Crippen LogP contribution in [0.2, 0.25) is 0 Å². The van der Waals surface area contributed by atoms with E-state index >= 15 is 0 Å². The van der Waals surface area contributed by atoms with Gasteiger partial charge in [-0.25, -0.2) is 4.79 Å². The first-order chi connectivity index (χ1) is 11.0. The van der Waals surface area contributed by atoms with Crippen molar-refractivity contribution in [1.29, 1.82) is 0 Å². The van der Waals surface area contributed by atoms with Crippen molar-refractivity contribution >= 4 is 23.6 Å². The molecule has 0 saturated heterocycles. The van der Waals surface area contributed by atoms with Crippen molar-refractivity contribution in [3.8, 4) is 0 Å². The highest BCUT2D eigenvalue weighted by Gasteiger charge is 2.30. The summed E-state index contributed by atoms with van der Waals surface area (Å²) in [5.74, 6) is 1.40. The molecule has 0 unspecified atom stereocenters. The first-order valence-corrected chi connectivity index (χ1v) is 9.20. The molecular formula is C18H25NO3S. The molecule has 1 fully saturated rings. The third-order valence-electron chi connectivity index (χ3n) is 3.95. The van der Waals surface area contributed by atoms with Crippen molar-refractivity contribution in [3.05, 3.63) is 35.9 Å². The van der Waals surface area contributed by atoms with Gasteiger partial charge < -0.3 is 10.1 Å². The average molecular weight is 335 g/mol.